The molecule has 0 fully saturated rings. The van der Waals surface area contributed by atoms with Crippen molar-refractivity contribution in [3.63, 3.8) is 0 Å². The predicted molar refractivity (Wildman–Crippen MR) is 4.73 cm³/mol. The van der Waals surface area contributed by atoms with Crippen molar-refractivity contribution in [1.82, 2.24) is 0 Å². The summed E-state index contributed by atoms with van der Waals surface area (Å²) >= 11 is 0. The summed E-state index contributed by atoms with van der Waals surface area (Å²) in [4.78, 5) is 0. The molecule has 0 aliphatic heterocycles. The van der Waals surface area contributed by atoms with Gasteiger partial charge in [-0.1, -0.05) is 0 Å². The van der Waals surface area contributed by atoms with Crippen molar-refractivity contribution >= 4 is 0 Å². The van der Waals surface area contributed by atoms with E-state index >= 15 is 0 Å². The van der Waals surface area contributed by atoms with Gasteiger partial charge >= 0.3 is 23.8 Å². The molecular formula is H3AuCl4O. The van der Waals surface area contributed by atoms with Gasteiger partial charge in [0.15, 0.2) is 0 Å². The molecule has 0 aliphatic carbocycles. The monoisotopic (exact) mass is 356 g/mol. The predicted octanol–water partition coefficient (Wildman–Crippen LogP) is -12.7. The molecule has 0 saturated carbocycles. The van der Waals surface area contributed by atoms with Crippen LogP contribution in [0.2, 0.25) is 0 Å². The van der Waals surface area contributed by atoms with Gasteiger partial charge < -0.3 is 55.1 Å². The first-order valence-electron chi connectivity index (χ1n) is 0. The van der Waals surface area contributed by atoms with Crippen molar-refractivity contribution in [2.75, 3.05) is 0 Å². The molecule has 0 heterocycles. The average molecular weight is 358 g/mol. The van der Waals surface area contributed by atoms with E-state index < -0.39 is 0 Å². The van der Waals surface area contributed by atoms with E-state index in [1.807, 2.05) is 0 Å². The third-order valence-electron chi connectivity index (χ3n) is 0. The van der Waals surface area contributed by atoms with Crippen LogP contribution in [0.5, 0.6) is 0 Å². The summed E-state index contributed by atoms with van der Waals surface area (Å²) in [7, 11) is 0. The standard InChI is InChI=1S/Au.4ClH.H2O/h;4*1H;1H2/q+3;;;;;/p-3. The van der Waals surface area contributed by atoms with Crippen molar-refractivity contribution in [1.29, 1.82) is 0 Å². The Labute approximate surface area is 78.6 Å². The van der Waals surface area contributed by atoms with Gasteiger partial charge in [-0.3, -0.25) is 0 Å². The van der Waals surface area contributed by atoms with Crippen LogP contribution in [-0.4, -0.2) is 5.48 Å². The van der Waals surface area contributed by atoms with Crippen LogP contribution in [0.1, 0.15) is 1.43 Å². The summed E-state index contributed by atoms with van der Waals surface area (Å²) in [6, 6.07) is 0. The molecule has 6 heteroatoms. The Morgan fingerprint density at radius 1 is 0.667 bits per heavy atom. The summed E-state index contributed by atoms with van der Waals surface area (Å²) in [5, 5.41) is 0. The Bertz CT molecular complexity index is 11.7. The minimum atomic E-state index is 0. The molecule has 0 saturated heterocycles. The first-order chi connectivity index (χ1) is 0. The van der Waals surface area contributed by atoms with E-state index in [0.717, 1.165) is 0 Å². The third-order valence-corrected chi connectivity index (χ3v) is 0. The zero-order valence-electron chi connectivity index (χ0n) is 3.31. The molecule has 0 spiro atoms. The molecule has 0 aromatic rings. The van der Waals surface area contributed by atoms with Crippen LogP contribution in [0, 0.1) is 0 Å². The van der Waals surface area contributed by atoms with Crippen LogP contribution in [0.15, 0.2) is 0 Å². The van der Waals surface area contributed by atoms with Gasteiger partial charge in [0.05, 0.1) is 0 Å². The van der Waals surface area contributed by atoms with Crippen molar-refractivity contribution in [2.24, 2.45) is 0 Å². The van der Waals surface area contributed by atoms with Gasteiger partial charge in [-0.15, -0.1) is 0 Å². The largest absolute Gasteiger partial charge is 3.00 e. The van der Waals surface area contributed by atoms with E-state index in [0.29, 0.717) is 0 Å². The van der Waals surface area contributed by atoms with Gasteiger partial charge in [-0.05, 0) is 0 Å². The Hall–Kier alpha value is 1.86. The molecule has 1 nitrogen and oxygen atoms in total. The van der Waals surface area contributed by atoms with E-state index in [1.165, 1.54) is 0 Å². The van der Waals surface area contributed by atoms with Crippen molar-refractivity contribution in [3.8, 4) is 0 Å². The quantitative estimate of drug-likeness (QED) is 0.386. The minimum absolute atomic E-state index is 0. The van der Waals surface area contributed by atoms with E-state index in [4.69, 9.17) is 0 Å². The second-order valence-electron chi connectivity index (χ2n) is 0. The molecule has 0 aromatic heterocycles. The Balaban J connectivity index is 0. The van der Waals surface area contributed by atoms with Crippen LogP contribution >= 0.6 is 0 Å². The van der Waals surface area contributed by atoms with Crippen LogP contribution in [0.3, 0.4) is 0 Å². The van der Waals surface area contributed by atoms with Gasteiger partial charge in [0.25, 0.3) is 0 Å². The van der Waals surface area contributed by atoms with Crippen LogP contribution < -0.4 is 49.6 Å². The second-order valence-corrected chi connectivity index (χ2v) is 0. The number of hydrogen-bond acceptors (Lipinski definition) is 0. The molecule has 0 rings (SSSR count). The molecule has 2 N–H and O–H groups in total. The van der Waals surface area contributed by atoms with E-state index in [-0.39, 0.29) is 78.9 Å². The zero-order chi connectivity index (χ0) is 0. The molecule has 0 bridgehead atoms. The Morgan fingerprint density at radius 3 is 0.667 bits per heavy atom. The number of halogens is 4. The van der Waals surface area contributed by atoms with Gasteiger partial charge in [0, 0.05) is 0 Å². The molecular weight excluding hydrogens is 355 g/mol. The fourth-order valence-electron chi connectivity index (χ4n) is 0. The second kappa shape index (κ2) is 68.1. The molecule has 0 atom stereocenters. The molecule has 0 amide bonds. The summed E-state index contributed by atoms with van der Waals surface area (Å²) in [6.07, 6.45) is 0. The Kier molecular flexibility index (Phi) is 1210. The fraction of sp³-hybridized carbons (Fsp3) is 0. The van der Waals surface area contributed by atoms with Crippen molar-refractivity contribution in [2.45, 2.75) is 0 Å². The van der Waals surface area contributed by atoms with Crippen molar-refractivity contribution in [3.05, 3.63) is 0 Å². The fourth-order valence-corrected chi connectivity index (χ4v) is 0. The molecule has 0 unspecified atom stereocenters. The molecule has 0 aromatic carbocycles. The van der Waals surface area contributed by atoms with Gasteiger partial charge in [0.1, 0.15) is 0 Å². The Morgan fingerprint density at radius 2 is 0.667 bits per heavy atom. The maximum absolute atomic E-state index is 0. The molecule has 0 aliphatic rings. The van der Waals surface area contributed by atoms with Crippen LogP contribution in [0.4, 0.5) is 0 Å². The first kappa shape index (κ1) is 107. The maximum atomic E-state index is 0. The van der Waals surface area contributed by atoms with Crippen molar-refractivity contribution < 1.29 is 78.9 Å². The number of hydrogen-bond donors (Lipinski definition) is 0. The summed E-state index contributed by atoms with van der Waals surface area (Å²) in [5.41, 5.74) is 0. The smallest absolute Gasteiger partial charge is 1.00 e. The summed E-state index contributed by atoms with van der Waals surface area (Å²) in [6.45, 7) is 0. The van der Waals surface area contributed by atoms with E-state index in [9.17, 15) is 0 Å². The zero-order valence-corrected chi connectivity index (χ0v) is 7.50. The van der Waals surface area contributed by atoms with Gasteiger partial charge in [-0.2, -0.15) is 0 Å². The topological polar surface area (TPSA) is 31.5 Å². The van der Waals surface area contributed by atoms with Gasteiger partial charge in [0.2, 0.25) is 0 Å². The molecule has 6 heavy (non-hydrogen) atoms. The maximum Gasteiger partial charge on any atom is 3.00 e. The SMILES string of the molecule is O.[Au+3].[Cl-].[Cl-].[Cl-].[Cl-].[H+]. The van der Waals surface area contributed by atoms with Crippen LogP contribution in [-0.2, 0) is 22.4 Å². The van der Waals surface area contributed by atoms with E-state index in [1.54, 1.807) is 0 Å². The van der Waals surface area contributed by atoms with Crippen LogP contribution in [0.25, 0.3) is 0 Å². The summed E-state index contributed by atoms with van der Waals surface area (Å²) in [5.74, 6) is 0. The van der Waals surface area contributed by atoms with Gasteiger partial charge in [-0.25, -0.2) is 0 Å². The third kappa shape index (κ3) is 40.0. The normalized spacial score (nSPS) is 0. The number of rotatable bonds is 0. The van der Waals surface area contributed by atoms with E-state index in [2.05, 4.69) is 0 Å². The summed E-state index contributed by atoms with van der Waals surface area (Å²) < 4.78 is 0. The minimum Gasteiger partial charge on any atom is -1.00 e. The molecule has 0 radical (unpaired) electrons. The first-order valence-corrected chi connectivity index (χ1v) is 0. The molecule has 48 valence electrons. The average Bonchev–Trinajstić information content (AvgIpc) is 0.